The first-order valence-electron chi connectivity index (χ1n) is 8.62. The number of pyridine rings is 2. The third-order valence-corrected chi connectivity index (χ3v) is 4.68. The maximum Gasteiger partial charge on any atom is 0.248 e. The number of aldehydes is 1. The fraction of sp³-hybridized carbons (Fsp3) is 0.0952. The highest BCUT2D eigenvalue weighted by molar-refractivity contribution is 5.75. The first kappa shape index (κ1) is 16.8. The van der Waals surface area contributed by atoms with Crippen LogP contribution in [0, 0.1) is 10.1 Å². The molecule has 4 heterocycles. The molecule has 0 aromatic carbocycles. The number of hydrogen-bond donors (Lipinski definition) is 0. The van der Waals surface area contributed by atoms with Crippen molar-refractivity contribution in [1.29, 1.82) is 0 Å². The number of fused-ring (bicyclic) bond motifs is 2. The van der Waals surface area contributed by atoms with Crippen molar-refractivity contribution in [3.8, 4) is 0 Å². The number of carbonyl (C=O) groups excluding carboxylic acids is 1. The van der Waals surface area contributed by atoms with Gasteiger partial charge in [-0.1, -0.05) is 12.1 Å². The Labute approximate surface area is 155 Å². The Morgan fingerprint density at radius 2 is 1.70 bits per heavy atom. The summed E-state index contributed by atoms with van der Waals surface area (Å²) < 4.78 is 3.73. The van der Waals surface area contributed by atoms with Gasteiger partial charge in [-0.2, -0.15) is 0 Å². The molecule has 6 heteroatoms. The quantitative estimate of drug-likeness (QED) is 0.293. The zero-order chi connectivity index (χ0) is 18.8. The van der Waals surface area contributed by atoms with E-state index in [1.165, 1.54) is 0 Å². The third-order valence-electron chi connectivity index (χ3n) is 4.68. The summed E-state index contributed by atoms with van der Waals surface area (Å²) in [4.78, 5) is 22.3. The van der Waals surface area contributed by atoms with E-state index >= 15 is 0 Å². The summed E-state index contributed by atoms with van der Waals surface area (Å²) in [5.41, 5.74) is 4.35. The lowest BCUT2D eigenvalue weighted by Gasteiger charge is -2.04. The number of hydrogen-bond acceptors (Lipinski definition) is 3. The van der Waals surface area contributed by atoms with Gasteiger partial charge in [-0.15, -0.1) is 0 Å². The summed E-state index contributed by atoms with van der Waals surface area (Å²) in [6.07, 6.45) is 7.00. The molecule has 0 unspecified atom stereocenters. The minimum Gasteiger partial charge on any atom is -0.317 e. The number of nitro groups is 1. The lowest BCUT2D eigenvalue weighted by atomic mass is 10.1. The molecule has 0 fully saturated rings. The van der Waals surface area contributed by atoms with E-state index in [-0.39, 0.29) is 10.6 Å². The van der Waals surface area contributed by atoms with Gasteiger partial charge in [-0.05, 0) is 54.4 Å². The van der Waals surface area contributed by atoms with Crippen molar-refractivity contribution in [1.82, 2.24) is 8.80 Å². The maximum atomic E-state index is 11.5. The summed E-state index contributed by atoms with van der Waals surface area (Å²) in [6, 6.07) is 17.1. The molecule has 0 saturated heterocycles. The Hall–Kier alpha value is -3.67. The highest BCUT2D eigenvalue weighted by Gasteiger charge is 2.13. The van der Waals surface area contributed by atoms with Crippen molar-refractivity contribution in [2.75, 3.05) is 0 Å². The molecule has 0 bridgehead atoms. The molecule has 0 amide bonds. The van der Waals surface area contributed by atoms with Crippen molar-refractivity contribution in [3.05, 3.63) is 99.8 Å². The zero-order valence-electron chi connectivity index (χ0n) is 14.5. The minimum absolute atomic E-state index is 0.155. The second kappa shape index (κ2) is 6.92. The van der Waals surface area contributed by atoms with Crippen LogP contribution in [-0.4, -0.2) is 20.0 Å². The molecule has 0 atom stereocenters. The monoisotopic (exact) mass is 359 g/mol. The van der Waals surface area contributed by atoms with Crippen LogP contribution in [0.2, 0.25) is 0 Å². The van der Waals surface area contributed by atoms with Crippen molar-refractivity contribution >= 4 is 23.4 Å². The van der Waals surface area contributed by atoms with E-state index in [1.807, 2.05) is 65.3 Å². The first-order valence-corrected chi connectivity index (χ1v) is 8.62. The number of rotatable bonds is 6. The topological polar surface area (TPSA) is 69.0 Å². The molecule has 4 aromatic rings. The van der Waals surface area contributed by atoms with Crippen LogP contribution in [0.15, 0.2) is 72.7 Å². The summed E-state index contributed by atoms with van der Waals surface area (Å²) in [5.74, 6) is 0. The van der Waals surface area contributed by atoms with Crippen LogP contribution in [0.25, 0.3) is 17.1 Å². The van der Waals surface area contributed by atoms with Crippen LogP contribution >= 0.6 is 0 Å². The Morgan fingerprint density at radius 1 is 0.963 bits per heavy atom. The van der Waals surface area contributed by atoms with Gasteiger partial charge in [0.05, 0.1) is 16.3 Å². The second-order valence-electron chi connectivity index (χ2n) is 6.35. The van der Waals surface area contributed by atoms with Gasteiger partial charge < -0.3 is 8.80 Å². The fourth-order valence-electron chi connectivity index (χ4n) is 3.27. The second-order valence-corrected chi connectivity index (χ2v) is 6.35. The molecule has 27 heavy (non-hydrogen) atoms. The van der Waals surface area contributed by atoms with Crippen LogP contribution in [0.1, 0.15) is 28.2 Å². The number of nitrogens with zero attached hydrogens (tertiary/aromatic N) is 3. The molecule has 0 aliphatic rings. The van der Waals surface area contributed by atoms with Crippen molar-refractivity contribution < 1.29 is 9.72 Å². The summed E-state index contributed by atoms with van der Waals surface area (Å²) in [5, 5.41) is 11.5. The van der Waals surface area contributed by atoms with E-state index in [2.05, 4.69) is 0 Å². The van der Waals surface area contributed by atoms with Crippen molar-refractivity contribution in [3.63, 3.8) is 0 Å². The Bertz CT molecular complexity index is 1180. The molecule has 0 saturated carbocycles. The van der Waals surface area contributed by atoms with Gasteiger partial charge in [0.1, 0.15) is 0 Å². The zero-order valence-corrected chi connectivity index (χ0v) is 14.5. The predicted molar refractivity (Wildman–Crippen MR) is 103 cm³/mol. The normalized spacial score (nSPS) is 11.9. The van der Waals surface area contributed by atoms with E-state index in [0.717, 1.165) is 28.6 Å². The van der Waals surface area contributed by atoms with Crippen molar-refractivity contribution in [2.24, 2.45) is 0 Å². The molecule has 4 rings (SSSR count). The number of aromatic nitrogens is 2. The smallest absolute Gasteiger partial charge is 0.248 e. The highest BCUT2D eigenvalue weighted by atomic mass is 16.6. The third kappa shape index (κ3) is 3.25. The van der Waals surface area contributed by atoms with Crippen LogP contribution in [0.3, 0.4) is 0 Å². The van der Waals surface area contributed by atoms with Gasteiger partial charge in [0.2, 0.25) is 5.70 Å². The first-order chi connectivity index (χ1) is 13.2. The molecule has 0 spiro atoms. The van der Waals surface area contributed by atoms with E-state index in [9.17, 15) is 14.9 Å². The Kier molecular flexibility index (Phi) is 4.30. The fourth-order valence-corrected chi connectivity index (χ4v) is 3.27. The molecular weight excluding hydrogens is 342 g/mol. The highest BCUT2D eigenvalue weighted by Crippen LogP contribution is 2.18. The lowest BCUT2D eigenvalue weighted by Crippen LogP contribution is -2.02. The summed E-state index contributed by atoms with van der Waals surface area (Å²) in [6.45, 7) is 0. The van der Waals surface area contributed by atoms with E-state index < -0.39 is 0 Å². The Balaban J connectivity index is 1.60. The lowest BCUT2D eigenvalue weighted by molar-refractivity contribution is -0.426. The summed E-state index contributed by atoms with van der Waals surface area (Å²) >= 11 is 0. The van der Waals surface area contributed by atoms with Crippen LogP contribution in [-0.2, 0) is 6.42 Å². The van der Waals surface area contributed by atoms with Gasteiger partial charge in [0.15, 0.2) is 6.29 Å². The molecular formula is C21H17N3O3. The summed E-state index contributed by atoms with van der Waals surface area (Å²) in [7, 11) is 0. The van der Waals surface area contributed by atoms with Gasteiger partial charge in [-0.25, -0.2) is 0 Å². The minimum atomic E-state index is -0.326. The van der Waals surface area contributed by atoms with Crippen LogP contribution in [0.4, 0.5) is 0 Å². The number of aryl methyl sites for hydroxylation is 1. The Morgan fingerprint density at radius 3 is 2.48 bits per heavy atom. The largest absolute Gasteiger partial charge is 0.317 e. The molecule has 0 N–H and O–H groups in total. The number of carbonyl (C=O) groups is 1. The van der Waals surface area contributed by atoms with Crippen molar-refractivity contribution in [2.45, 2.75) is 12.8 Å². The van der Waals surface area contributed by atoms with Crippen LogP contribution in [0.5, 0.6) is 0 Å². The standard InChI is InChI=1S/C21H17N3O3/c25-15-21-11-9-18-6-4-16(14-23(18)21)5-7-20(24(26)27)13-19-10-8-17-3-1-2-12-22(17)19/h1-4,6,8-15H,5,7H2/b20-13+. The van der Waals surface area contributed by atoms with Gasteiger partial charge in [0, 0.05) is 35.9 Å². The molecule has 0 aliphatic heterocycles. The molecule has 0 radical (unpaired) electrons. The average Bonchev–Trinajstić information content (AvgIpc) is 3.28. The van der Waals surface area contributed by atoms with Crippen LogP contribution < -0.4 is 0 Å². The van der Waals surface area contributed by atoms with E-state index in [4.69, 9.17) is 0 Å². The predicted octanol–water partition coefficient (Wildman–Crippen LogP) is 4.25. The average molecular weight is 359 g/mol. The SMILES string of the molecule is O=Cc1ccc2ccc(CC/C(=C\c3ccc4ccccn34)[N+](=O)[O-])cn12. The molecule has 134 valence electrons. The van der Waals surface area contributed by atoms with E-state index in [1.54, 1.807) is 16.5 Å². The van der Waals surface area contributed by atoms with Gasteiger partial charge >= 0.3 is 0 Å². The molecule has 4 aromatic heterocycles. The number of allylic oxidation sites excluding steroid dienone is 1. The molecule has 0 aliphatic carbocycles. The van der Waals surface area contributed by atoms with Gasteiger partial charge in [0.25, 0.3) is 0 Å². The van der Waals surface area contributed by atoms with E-state index in [0.29, 0.717) is 18.5 Å². The molecule has 6 nitrogen and oxygen atoms in total. The van der Waals surface area contributed by atoms with Gasteiger partial charge in [-0.3, -0.25) is 14.9 Å². The maximum absolute atomic E-state index is 11.5.